The van der Waals surface area contributed by atoms with E-state index in [4.69, 9.17) is 10.5 Å². The molecule has 4 heteroatoms. The van der Waals surface area contributed by atoms with Gasteiger partial charge in [0.1, 0.15) is 5.75 Å². The van der Waals surface area contributed by atoms with E-state index in [1.165, 1.54) is 0 Å². The molecule has 1 aliphatic rings. The molecule has 0 unspecified atom stereocenters. The van der Waals surface area contributed by atoms with E-state index >= 15 is 0 Å². The third kappa shape index (κ3) is 2.73. The van der Waals surface area contributed by atoms with E-state index in [1.54, 1.807) is 7.11 Å². The number of amides is 1. The number of carbonyl (C=O) groups excluding carboxylic acids is 1. The molecular formula is C15H22N2O2. The lowest BCUT2D eigenvalue weighted by Crippen LogP contribution is -2.50. The van der Waals surface area contributed by atoms with Crippen molar-refractivity contribution in [2.75, 3.05) is 13.7 Å². The third-order valence-corrected chi connectivity index (χ3v) is 4.15. The van der Waals surface area contributed by atoms with Gasteiger partial charge >= 0.3 is 0 Å². The van der Waals surface area contributed by atoms with Crippen LogP contribution in [-0.4, -0.2) is 19.6 Å². The maximum Gasteiger partial charge on any atom is 0.227 e. The Kier molecular flexibility index (Phi) is 4.10. The highest BCUT2D eigenvalue weighted by Gasteiger charge is 2.43. The van der Waals surface area contributed by atoms with E-state index in [1.807, 2.05) is 31.2 Å². The lowest BCUT2D eigenvalue weighted by Gasteiger charge is -2.39. The zero-order valence-corrected chi connectivity index (χ0v) is 11.6. The molecule has 3 N–H and O–H groups in total. The number of hydrogen-bond acceptors (Lipinski definition) is 3. The van der Waals surface area contributed by atoms with Gasteiger partial charge in [0.15, 0.2) is 0 Å². The average Bonchev–Trinajstić information content (AvgIpc) is 2.38. The minimum absolute atomic E-state index is 0.0116. The Bertz CT molecular complexity index is 432. The van der Waals surface area contributed by atoms with E-state index in [-0.39, 0.29) is 17.4 Å². The van der Waals surface area contributed by atoms with Crippen molar-refractivity contribution in [3.05, 3.63) is 29.8 Å². The minimum atomic E-state index is -0.319. The Labute approximate surface area is 114 Å². The van der Waals surface area contributed by atoms with Crippen LogP contribution in [0.1, 0.15) is 37.8 Å². The van der Waals surface area contributed by atoms with Crippen molar-refractivity contribution in [1.82, 2.24) is 5.32 Å². The molecule has 4 nitrogen and oxygen atoms in total. The Balaban J connectivity index is 1.99. The fourth-order valence-corrected chi connectivity index (χ4v) is 2.45. The SMILES string of the molecule is COc1ccc([C@H](C)NC(=O)C2(CN)CCC2)cc1. The predicted molar refractivity (Wildman–Crippen MR) is 74.9 cm³/mol. The van der Waals surface area contributed by atoms with Crippen LogP contribution in [0.5, 0.6) is 5.75 Å². The molecule has 19 heavy (non-hydrogen) atoms. The number of carbonyl (C=O) groups is 1. The lowest BCUT2D eigenvalue weighted by molar-refractivity contribution is -0.135. The molecule has 1 amide bonds. The van der Waals surface area contributed by atoms with Gasteiger partial charge in [0.25, 0.3) is 0 Å². The summed E-state index contributed by atoms with van der Waals surface area (Å²) in [6, 6.07) is 7.74. The maximum atomic E-state index is 12.3. The monoisotopic (exact) mass is 262 g/mol. The van der Waals surface area contributed by atoms with Gasteiger partial charge in [-0.2, -0.15) is 0 Å². The smallest absolute Gasteiger partial charge is 0.227 e. The quantitative estimate of drug-likeness (QED) is 0.853. The molecule has 1 atom stereocenters. The predicted octanol–water partition coefficient (Wildman–Crippen LogP) is 2.00. The van der Waals surface area contributed by atoms with Gasteiger partial charge < -0.3 is 15.8 Å². The summed E-state index contributed by atoms with van der Waals surface area (Å²) in [6.45, 7) is 2.43. The summed E-state index contributed by atoms with van der Waals surface area (Å²) in [4.78, 5) is 12.3. The Hall–Kier alpha value is -1.55. The number of rotatable bonds is 5. The Morgan fingerprint density at radius 2 is 2.05 bits per heavy atom. The molecule has 1 saturated carbocycles. The van der Waals surface area contributed by atoms with E-state index in [0.717, 1.165) is 30.6 Å². The molecule has 0 bridgehead atoms. The van der Waals surface area contributed by atoms with Crippen LogP contribution in [0.4, 0.5) is 0 Å². The Morgan fingerprint density at radius 1 is 1.42 bits per heavy atom. The zero-order valence-electron chi connectivity index (χ0n) is 11.6. The largest absolute Gasteiger partial charge is 0.497 e. The fraction of sp³-hybridized carbons (Fsp3) is 0.533. The molecular weight excluding hydrogens is 240 g/mol. The normalized spacial score (nSPS) is 18.3. The summed E-state index contributed by atoms with van der Waals surface area (Å²) < 4.78 is 5.12. The first-order valence-corrected chi connectivity index (χ1v) is 6.76. The molecule has 0 aliphatic heterocycles. The number of ether oxygens (including phenoxy) is 1. The van der Waals surface area contributed by atoms with E-state index in [2.05, 4.69) is 5.32 Å². The van der Waals surface area contributed by atoms with E-state index < -0.39 is 0 Å². The molecule has 1 aliphatic carbocycles. The fourth-order valence-electron chi connectivity index (χ4n) is 2.45. The molecule has 0 heterocycles. The summed E-state index contributed by atoms with van der Waals surface area (Å²) in [5.74, 6) is 0.907. The van der Waals surface area contributed by atoms with Gasteiger partial charge in [-0.3, -0.25) is 4.79 Å². The minimum Gasteiger partial charge on any atom is -0.497 e. The molecule has 1 aromatic rings. The summed E-state index contributed by atoms with van der Waals surface area (Å²) in [5.41, 5.74) is 6.50. The molecule has 0 aromatic heterocycles. The first-order valence-electron chi connectivity index (χ1n) is 6.76. The van der Waals surface area contributed by atoms with Crippen molar-refractivity contribution in [2.45, 2.75) is 32.2 Å². The van der Waals surface area contributed by atoms with Crippen molar-refractivity contribution in [2.24, 2.45) is 11.1 Å². The van der Waals surface area contributed by atoms with Gasteiger partial charge in [0, 0.05) is 6.54 Å². The highest BCUT2D eigenvalue weighted by Crippen LogP contribution is 2.40. The van der Waals surface area contributed by atoms with Gasteiger partial charge in [-0.15, -0.1) is 0 Å². The third-order valence-electron chi connectivity index (χ3n) is 4.15. The van der Waals surface area contributed by atoms with Crippen LogP contribution in [0.2, 0.25) is 0 Å². The first-order chi connectivity index (χ1) is 9.11. The zero-order chi connectivity index (χ0) is 13.9. The first kappa shape index (κ1) is 13.9. The second kappa shape index (κ2) is 5.61. The number of methoxy groups -OCH3 is 1. The summed E-state index contributed by atoms with van der Waals surface area (Å²) in [6.07, 6.45) is 2.91. The molecule has 104 valence electrons. The lowest BCUT2D eigenvalue weighted by atomic mass is 9.68. The van der Waals surface area contributed by atoms with Gasteiger partial charge in [-0.05, 0) is 37.5 Å². The van der Waals surface area contributed by atoms with Crippen LogP contribution in [-0.2, 0) is 4.79 Å². The van der Waals surface area contributed by atoms with Gasteiger partial charge in [0.05, 0.1) is 18.6 Å². The van der Waals surface area contributed by atoms with Crippen molar-refractivity contribution in [3.63, 3.8) is 0 Å². The van der Waals surface area contributed by atoms with Gasteiger partial charge in [0.2, 0.25) is 5.91 Å². The van der Waals surface area contributed by atoms with Crippen molar-refractivity contribution < 1.29 is 9.53 Å². The number of nitrogens with one attached hydrogen (secondary N) is 1. The van der Waals surface area contributed by atoms with Crippen molar-refractivity contribution >= 4 is 5.91 Å². The van der Waals surface area contributed by atoms with Crippen LogP contribution in [0.25, 0.3) is 0 Å². The number of benzene rings is 1. The molecule has 2 rings (SSSR count). The van der Waals surface area contributed by atoms with Crippen LogP contribution in [0, 0.1) is 5.41 Å². The molecule has 1 aromatic carbocycles. The standard InChI is InChI=1S/C15H22N2O2/c1-11(12-4-6-13(19-2)7-5-12)17-14(18)15(10-16)8-3-9-15/h4-7,11H,3,8-10,16H2,1-2H3,(H,17,18)/t11-/m0/s1. The molecule has 1 fully saturated rings. The van der Waals surface area contributed by atoms with Crippen molar-refractivity contribution in [3.8, 4) is 5.75 Å². The topological polar surface area (TPSA) is 64.3 Å². The maximum absolute atomic E-state index is 12.3. The van der Waals surface area contributed by atoms with Crippen LogP contribution in [0.15, 0.2) is 24.3 Å². The average molecular weight is 262 g/mol. The number of hydrogen-bond donors (Lipinski definition) is 2. The highest BCUT2D eigenvalue weighted by molar-refractivity contribution is 5.84. The second-order valence-electron chi connectivity index (χ2n) is 5.31. The van der Waals surface area contributed by atoms with Gasteiger partial charge in [-0.1, -0.05) is 18.6 Å². The molecule has 0 spiro atoms. The molecule has 0 saturated heterocycles. The van der Waals surface area contributed by atoms with Gasteiger partial charge in [-0.25, -0.2) is 0 Å². The van der Waals surface area contributed by atoms with Crippen molar-refractivity contribution in [1.29, 1.82) is 0 Å². The summed E-state index contributed by atoms with van der Waals surface area (Å²) >= 11 is 0. The van der Waals surface area contributed by atoms with Crippen LogP contribution in [0.3, 0.4) is 0 Å². The summed E-state index contributed by atoms with van der Waals surface area (Å²) in [7, 11) is 1.64. The van der Waals surface area contributed by atoms with Crippen LogP contribution >= 0.6 is 0 Å². The Morgan fingerprint density at radius 3 is 2.47 bits per heavy atom. The second-order valence-corrected chi connectivity index (χ2v) is 5.31. The van der Waals surface area contributed by atoms with Crippen LogP contribution < -0.4 is 15.8 Å². The summed E-state index contributed by atoms with van der Waals surface area (Å²) in [5, 5.41) is 3.07. The molecule has 0 radical (unpaired) electrons. The van der Waals surface area contributed by atoms with E-state index in [0.29, 0.717) is 6.54 Å². The number of nitrogens with two attached hydrogens (primary N) is 1. The van der Waals surface area contributed by atoms with E-state index in [9.17, 15) is 4.79 Å². The highest BCUT2D eigenvalue weighted by atomic mass is 16.5.